The molecule has 35 heavy (non-hydrogen) atoms. The van der Waals surface area contributed by atoms with Crippen molar-refractivity contribution in [3.8, 4) is 0 Å². The van der Waals surface area contributed by atoms with Crippen LogP contribution in [0.5, 0.6) is 0 Å². The summed E-state index contributed by atoms with van der Waals surface area (Å²) in [6, 6.07) is 6.49. The number of aromatic nitrogens is 5. The van der Waals surface area contributed by atoms with Gasteiger partial charge in [0, 0.05) is 32.3 Å². The van der Waals surface area contributed by atoms with E-state index < -0.39 is 11.5 Å². The van der Waals surface area contributed by atoms with Crippen molar-refractivity contribution in [2.24, 2.45) is 12.8 Å². The summed E-state index contributed by atoms with van der Waals surface area (Å²) in [6.45, 7) is 4.89. The molecule has 4 N–H and O–H groups in total. The lowest BCUT2D eigenvalue weighted by Gasteiger charge is -2.37. The molecule has 1 amide bonds. The Kier molecular flexibility index (Phi) is 5.64. The fourth-order valence-electron chi connectivity index (χ4n) is 4.00. The van der Waals surface area contributed by atoms with E-state index in [2.05, 4.69) is 25.4 Å². The minimum atomic E-state index is -0.710. The van der Waals surface area contributed by atoms with E-state index in [1.54, 1.807) is 44.2 Å². The van der Waals surface area contributed by atoms with Crippen LogP contribution in [-0.2, 0) is 13.5 Å². The van der Waals surface area contributed by atoms with Crippen LogP contribution in [0.15, 0.2) is 41.2 Å². The van der Waals surface area contributed by atoms with Gasteiger partial charge < -0.3 is 25.5 Å². The van der Waals surface area contributed by atoms with Gasteiger partial charge in [-0.15, -0.1) is 0 Å². The zero-order valence-electron chi connectivity index (χ0n) is 19.9. The number of oxazole rings is 1. The number of hydrogen-bond acceptors (Lipinski definition) is 9. The topological polar surface area (TPSA) is 148 Å². The maximum Gasteiger partial charge on any atom is 0.298 e. The minimum Gasteiger partial charge on any atom is -0.423 e. The molecule has 182 valence electrons. The number of carbonyl (C=O) groups excluding carboxylic acids is 1. The third-order valence-electron chi connectivity index (χ3n) is 6.03. The summed E-state index contributed by atoms with van der Waals surface area (Å²) in [7, 11) is 1.80. The number of benzene rings is 1. The smallest absolute Gasteiger partial charge is 0.298 e. The first-order valence-electron chi connectivity index (χ1n) is 11.4. The molecule has 4 aromatic rings. The van der Waals surface area contributed by atoms with Crippen LogP contribution in [-0.4, -0.2) is 54.4 Å². The number of nitrogens with zero attached hydrogens (tertiary/aromatic N) is 6. The highest BCUT2D eigenvalue weighted by Crippen LogP contribution is 2.33. The Morgan fingerprint density at radius 2 is 2.09 bits per heavy atom. The molecule has 0 saturated carbocycles. The lowest BCUT2D eigenvalue weighted by Crippen LogP contribution is -2.45. The average Bonchev–Trinajstić information content (AvgIpc) is 3.36. The summed E-state index contributed by atoms with van der Waals surface area (Å²) in [5.74, 6) is -0.281. The molecule has 0 radical (unpaired) electrons. The van der Waals surface area contributed by atoms with Crippen molar-refractivity contribution in [3.63, 3.8) is 0 Å². The first-order valence-corrected chi connectivity index (χ1v) is 11.4. The molecule has 1 aliphatic rings. The number of amides is 1. The Hall–Kier alpha value is -3.99. The summed E-state index contributed by atoms with van der Waals surface area (Å²) < 4.78 is 7.64. The van der Waals surface area contributed by atoms with Gasteiger partial charge in [-0.3, -0.25) is 9.48 Å². The molecule has 1 fully saturated rings. The zero-order chi connectivity index (χ0) is 24.7. The van der Waals surface area contributed by atoms with Gasteiger partial charge in [0.15, 0.2) is 17.1 Å². The van der Waals surface area contributed by atoms with Gasteiger partial charge in [0.05, 0.1) is 29.4 Å². The number of hydrogen-bond donors (Lipinski definition) is 3. The van der Waals surface area contributed by atoms with Crippen LogP contribution >= 0.6 is 0 Å². The van der Waals surface area contributed by atoms with E-state index in [1.165, 1.54) is 0 Å². The lowest BCUT2D eigenvalue weighted by molar-refractivity contribution is 0.0714. The first-order chi connectivity index (χ1) is 16.6. The van der Waals surface area contributed by atoms with Gasteiger partial charge in [0.2, 0.25) is 0 Å². The summed E-state index contributed by atoms with van der Waals surface area (Å²) >= 11 is 0. The zero-order valence-corrected chi connectivity index (χ0v) is 19.9. The van der Waals surface area contributed by atoms with Crippen molar-refractivity contribution in [2.75, 3.05) is 23.3 Å². The summed E-state index contributed by atoms with van der Waals surface area (Å²) in [5, 5.41) is 17.1. The Labute approximate surface area is 202 Å². The molecule has 3 aromatic heterocycles. The molecule has 0 bridgehead atoms. The van der Waals surface area contributed by atoms with Crippen LogP contribution in [0.2, 0.25) is 0 Å². The number of anilines is 3. The van der Waals surface area contributed by atoms with E-state index in [0.29, 0.717) is 42.7 Å². The maximum absolute atomic E-state index is 12.0. The second-order valence-corrected chi connectivity index (χ2v) is 9.60. The highest BCUT2D eigenvalue weighted by Gasteiger charge is 2.33. The quantitative estimate of drug-likeness (QED) is 0.349. The van der Waals surface area contributed by atoms with Crippen molar-refractivity contribution in [1.82, 2.24) is 24.7 Å². The Morgan fingerprint density at radius 3 is 2.77 bits per heavy atom. The van der Waals surface area contributed by atoms with E-state index in [9.17, 15) is 9.90 Å². The first kappa shape index (κ1) is 22.8. The molecule has 0 aliphatic carbocycles. The number of nitrogens with one attached hydrogen (secondary N) is 1. The lowest BCUT2D eigenvalue weighted by atomic mass is 9.97. The monoisotopic (exact) mass is 476 g/mol. The van der Waals surface area contributed by atoms with Crippen LogP contribution in [0.25, 0.3) is 11.1 Å². The van der Waals surface area contributed by atoms with Crippen LogP contribution in [0.3, 0.4) is 0 Å². The molecule has 1 saturated heterocycles. The molecule has 0 unspecified atom stereocenters. The Balaban J connectivity index is 1.27. The predicted molar refractivity (Wildman–Crippen MR) is 131 cm³/mol. The summed E-state index contributed by atoms with van der Waals surface area (Å²) in [4.78, 5) is 27.5. The van der Waals surface area contributed by atoms with E-state index in [0.717, 1.165) is 23.1 Å². The highest BCUT2D eigenvalue weighted by atomic mass is 16.4. The number of carbonyl (C=O) groups is 1. The van der Waals surface area contributed by atoms with Gasteiger partial charge in [-0.25, -0.2) is 9.97 Å². The van der Waals surface area contributed by atoms with Crippen LogP contribution < -0.4 is 16.0 Å². The number of rotatable bonds is 8. The summed E-state index contributed by atoms with van der Waals surface area (Å²) in [5.41, 5.74) is 8.93. The van der Waals surface area contributed by atoms with Crippen LogP contribution in [0.4, 0.5) is 17.5 Å². The van der Waals surface area contributed by atoms with Crippen molar-refractivity contribution in [3.05, 3.63) is 53.7 Å². The molecule has 11 heteroatoms. The van der Waals surface area contributed by atoms with Gasteiger partial charge in [-0.2, -0.15) is 10.1 Å². The third-order valence-corrected chi connectivity index (χ3v) is 6.03. The molecule has 4 heterocycles. The second-order valence-electron chi connectivity index (χ2n) is 9.60. The number of fused-ring (bicyclic) bond motifs is 1. The van der Waals surface area contributed by atoms with Crippen molar-refractivity contribution in [1.29, 1.82) is 0 Å². The minimum absolute atomic E-state index is 0.0744. The van der Waals surface area contributed by atoms with E-state index >= 15 is 0 Å². The van der Waals surface area contributed by atoms with Gasteiger partial charge in [0.1, 0.15) is 5.52 Å². The van der Waals surface area contributed by atoms with Gasteiger partial charge in [-0.05, 0) is 44.4 Å². The average molecular weight is 477 g/mol. The number of aliphatic hydroxyl groups is 1. The molecule has 1 aromatic carbocycles. The van der Waals surface area contributed by atoms with Gasteiger partial charge >= 0.3 is 0 Å². The molecular formula is C24H28N8O3. The Morgan fingerprint density at radius 1 is 1.29 bits per heavy atom. The molecule has 0 atom stereocenters. The maximum atomic E-state index is 12.0. The summed E-state index contributed by atoms with van der Waals surface area (Å²) in [6.07, 6.45) is 6.47. The largest absolute Gasteiger partial charge is 0.423 e. The van der Waals surface area contributed by atoms with E-state index in [4.69, 9.17) is 10.2 Å². The third kappa shape index (κ3) is 4.94. The van der Waals surface area contributed by atoms with Crippen molar-refractivity contribution in [2.45, 2.75) is 38.2 Å². The fourth-order valence-corrected chi connectivity index (χ4v) is 4.00. The van der Waals surface area contributed by atoms with Crippen molar-refractivity contribution < 1.29 is 14.3 Å². The number of primary amides is 1. The standard InChI is InChI=1S/C24H28N8O3/c1-24(2,34)7-6-14-4-5-17-19(8-14)35-23(30-17)32-11-15(12-32)18-10-26-22(20(29-18)21(25)33)28-16-9-27-31(3)13-16/h4-5,8-10,13,15,34H,6-7,11-12H2,1-3H3,(H2,25,33)(H,26,28). The fraction of sp³-hybridized carbons (Fsp3) is 0.375. The predicted octanol–water partition coefficient (Wildman–Crippen LogP) is 2.50. The second kappa shape index (κ2) is 8.66. The van der Waals surface area contributed by atoms with Gasteiger partial charge in [-0.1, -0.05) is 6.07 Å². The SMILES string of the molecule is Cn1cc(Nc2ncc(C3CN(c4nc5ccc(CCC(C)(C)O)cc5o4)C3)nc2C(N)=O)cn1. The van der Waals surface area contributed by atoms with E-state index in [1.807, 2.05) is 23.1 Å². The Bertz CT molecular complexity index is 1380. The molecular weight excluding hydrogens is 448 g/mol. The van der Waals surface area contributed by atoms with Gasteiger partial charge in [0.25, 0.3) is 11.9 Å². The number of aryl methyl sites for hydroxylation is 2. The molecule has 5 rings (SSSR count). The van der Waals surface area contributed by atoms with E-state index in [-0.39, 0.29) is 11.6 Å². The number of nitrogens with two attached hydrogens (primary N) is 1. The normalized spacial score (nSPS) is 14.3. The molecule has 11 nitrogen and oxygen atoms in total. The van der Waals surface area contributed by atoms with Crippen LogP contribution in [0, 0.1) is 0 Å². The highest BCUT2D eigenvalue weighted by molar-refractivity contribution is 5.96. The van der Waals surface area contributed by atoms with Crippen LogP contribution in [0.1, 0.15) is 47.9 Å². The molecule has 0 spiro atoms. The molecule has 1 aliphatic heterocycles. The van der Waals surface area contributed by atoms with Crippen molar-refractivity contribution >= 4 is 34.5 Å².